The number of carbonyl (C=O) groups excluding carboxylic acids is 12. The molecule has 2 aliphatic carbocycles. The van der Waals surface area contributed by atoms with E-state index in [1.807, 2.05) is 0 Å². The van der Waals surface area contributed by atoms with Crippen LogP contribution in [0.15, 0.2) is 0 Å². The molecule has 3 unspecified atom stereocenters. The van der Waals surface area contributed by atoms with E-state index in [0.29, 0.717) is 0 Å². The van der Waals surface area contributed by atoms with Crippen molar-refractivity contribution in [3.05, 3.63) is 0 Å². The molecular weight excluding hydrogens is 1050 g/mol. The van der Waals surface area contributed by atoms with Crippen molar-refractivity contribution >= 4 is 71.0 Å². The molecule has 1 saturated heterocycles. The number of Topliss-reactive ketones (excluding diaryl/α,β-unsaturated/α-hetero) is 2. The second-order valence-electron chi connectivity index (χ2n) is 24.8. The Hall–Kier alpha value is -5.96. The van der Waals surface area contributed by atoms with E-state index in [9.17, 15) is 57.5 Å². The van der Waals surface area contributed by atoms with Crippen LogP contribution < -0.4 is 21.3 Å². The van der Waals surface area contributed by atoms with Gasteiger partial charge in [-0.1, -0.05) is 122 Å². The summed E-state index contributed by atoms with van der Waals surface area (Å²) in [5.74, 6) is -15.9. The SMILES string of the molecule is CC(C)C[C@H]1OC(=O)[C@H](C(C)C)CC(=O)[C@H](C)OC(=O)[C@@H](C(C)C)NC(=O)[C@@H](CC2CCCCC2)OC(=O)[C@H](C(C)C)NC(=O)[C@H](C)OC(=O)CC2CC(C)CC(OC(=O)[C@H](C(C)C)NC(=O)[C@H](C)OC(=O)[C@@H](C(C)C)NC1=O)C2=O. The van der Waals surface area contributed by atoms with E-state index in [4.69, 9.17) is 28.4 Å². The van der Waals surface area contributed by atoms with Crippen molar-refractivity contribution in [2.45, 2.75) is 242 Å². The van der Waals surface area contributed by atoms with Crippen molar-refractivity contribution in [1.82, 2.24) is 21.3 Å². The van der Waals surface area contributed by atoms with Gasteiger partial charge in [0.15, 0.2) is 48.2 Å². The molecule has 0 radical (unpaired) electrons. The van der Waals surface area contributed by atoms with Gasteiger partial charge in [-0.2, -0.15) is 0 Å². The van der Waals surface area contributed by atoms with E-state index in [0.717, 1.165) is 32.1 Å². The molecule has 3 rings (SSSR count). The number of nitrogens with one attached hydrogen (secondary N) is 4. The molecule has 1 aliphatic heterocycles. The van der Waals surface area contributed by atoms with Gasteiger partial charge in [-0.25, -0.2) is 19.2 Å². The van der Waals surface area contributed by atoms with Crippen LogP contribution in [0.2, 0.25) is 0 Å². The summed E-state index contributed by atoms with van der Waals surface area (Å²) < 4.78 is 34.1. The first-order valence-corrected chi connectivity index (χ1v) is 29.2. The minimum absolute atomic E-state index is 0.00540. The second-order valence-corrected chi connectivity index (χ2v) is 24.8. The number of carbonyl (C=O) groups is 12. The van der Waals surface area contributed by atoms with Crippen LogP contribution in [0.1, 0.15) is 181 Å². The predicted molar refractivity (Wildman–Crippen MR) is 293 cm³/mol. The van der Waals surface area contributed by atoms with Crippen molar-refractivity contribution < 1.29 is 86.0 Å². The highest BCUT2D eigenvalue weighted by molar-refractivity contribution is 5.96. The molecule has 13 atom stereocenters. The lowest BCUT2D eigenvalue weighted by Crippen LogP contribution is -2.53. The highest BCUT2D eigenvalue weighted by atomic mass is 16.6. The largest absolute Gasteiger partial charge is 0.453 e. The Balaban J connectivity index is 2.05. The van der Waals surface area contributed by atoms with Crippen LogP contribution in [0.4, 0.5) is 0 Å². The van der Waals surface area contributed by atoms with E-state index in [2.05, 4.69) is 21.3 Å². The molecule has 2 saturated carbocycles. The Labute approximate surface area is 478 Å². The first kappa shape index (κ1) is 69.3. The monoisotopic (exact) mass is 1150 g/mol. The molecule has 22 heteroatoms. The maximum atomic E-state index is 14.3. The normalized spacial score (nSPS) is 31.2. The van der Waals surface area contributed by atoms with Gasteiger partial charge in [-0.05, 0) is 93.8 Å². The standard InChI is InChI=1S/C59H94N4O18/c1-28(2)22-43-53(69)62-47(31(7)8)57(73)78-37(16)52(68)61-48(32(9)10)58(74)79-42-24-34(13)23-39(50(42)66)26-45(65)76-36(15)51(67)60-49(33(11)12)59(75)81-44(25-38-20-18-17-19-21-38)54(70)63-46(30(5)6)56(72)77-35(14)41(64)27-40(29(3)4)55(71)80-43/h28-40,42-44,46-49H,17-27H2,1-16H3,(H,60,67)(H,61,68)(H,62,69)(H,63,70)/t34?,35-,36-,37-,39?,40-,42?,43+,44+,46+,47+,48-,49-/m0/s1. The average Bonchev–Trinajstić information content (AvgIpc) is 3.39. The number of esters is 6. The van der Waals surface area contributed by atoms with Crippen LogP contribution in [0.25, 0.3) is 0 Å². The zero-order valence-corrected chi connectivity index (χ0v) is 50.7. The molecule has 3 fully saturated rings. The lowest BCUT2D eigenvalue weighted by Gasteiger charge is -2.33. The number of rotatable bonds is 9. The summed E-state index contributed by atoms with van der Waals surface area (Å²) in [5.41, 5.74) is 0. The highest BCUT2D eigenvalue weighted by Crippen LogP contribution is 2.32. The third-order valence-electron chi connectivity index (χ3n) is 15.2. The number of hydrogen-bond acceptors (Lipinski definition) is 18. The molecule has 22 nitrogen and oxygen atoms in total. The molecule has 0 aromatic heterocycles. The summed E-state index contributed by atoms with van der Waals surface area (Å²) in [7, 11) is 0. The molecule has 4 N–H and O–H groups in total. The smallest absolute Gasteiger partial charge is 0.329 e. The zero-order chi connectivity index (χ0) is 61.3. The fourth-order valence-corrected chi connectivity index (χ4v) is 10.1. The first-order valence-electron chi connectivity index (χ1n) is 29.2. The molecule has 1 heterocycles. The minimum Gasteiger partial charge on any atom is -0.453 e. The van der Waals surface area contributed by atoms with Crippen LogP contribution in [0.5, 0.6) is 0 Å². The van der Waals surface area contributed by atoms with Gasteiger partial charge in [-0.3, -0.25) is 38.4 Å². The number of fused-ring (bicyclic) bond motifs is 2. The second kappa shape index (κ2) is 32.0. The Morgan fingerprint density at radius 3 is 1.32 bits per heavy atom. The highest BCUT2D eigenvalue weighted by Gasteiger charge is 2.43. The third kappa shape index (κ3) is 21.4. The molecule has 0 aromatic carbocycles. The van der Waals surface area contributed by atoms with Crippen molar-refractivity contribution in [3.8, 4) is 0 Å². The maximum Gasteiger partial charge on any atom is 0.329 e. The van der Waals surface area contributed by atoms with Gasteiger partial charge >= 0.3 is 35.8 Å². The van der Waals surface area contributed by atoms with Gasteiger partial charge < -0.3 is 49.7 Å². The molecule has 3 aliphatic rings. The van der Waals surface area contributed by atoms with Crippen molar-refractivity contribution in [2.75, 3.05) is 0 Å². The number of hydrogen-bond donors (Lipinski definition) is 4. The van der Waals surface area contributed by atoms with E-state index in [1.54, 1.807) is 90.0 Å². The van der Waals surface area contributed by atoms with Crippen LogP contribution in [-0.4, -0.2) is 132 Å². The van der Waals surface area contributed by atoms with Gasteiger partial charge in [0.2, 0.25) is 0 Å². The average molecular weight is 1150 g/mol. The van der Waals surface area contributed by atoms with Gasteiger partial charge in [-0.15, -0.1) is 0 Å². The predicted octanol–water partition coefficient (Wildman–Crippen LogP) is 5.35. The maximum absolute atomic E-state index is 14.3. The zero-order valence-electron chi connectivity index (χ0n) is 50.7. The van der Waals surface area contributed by atoms with E-state index < -0.39 is 186 Å². The molecule has 2 bridgehead atoms. The summed E-state index contributed by atoms with van der Waals surface area (Å²) >= 11 is 0. The van der Waals surface area contributed by atoms with Crippen molar-refractivity contribution in [3.63, 3.8) is 0 Å². The molecule has 0 aromatic rings. The Morgan fingerprint density at radius 2 is 0.852 bits per heavy atom. The first-order chi connectivity index (χ1) is 37.7. The van der Waals surface area contributed by atoms with Gasteiger partial charge in [0.05, 0.1) is 12.3 Å². The van der Waals surface area contributed by atoms with Crippen LogP contribution in [0, 0.1) is 59.2 Å². The van der Waals surface area contributed by atoms with Crippen molar-refractivity contribution in [2.24, 2.45) is 59.2 Å². The number of amides is 4. The lowest BCUT2D eigenvalue weighted by molar-refractivity contribution is -0.167. The fraction of sp³-hybridized carbons (Fsp3) is 0.797. The molecule has 0 spiro atoms. The summed E-state index contributed by atoms with van der Waals surface area (Å²) in [5, 5.41) is 10.4. The Bertz CT molecular complexity index is 2240. The minimum atomic E-state index is -1.52. The van der Waals surface area contributed by atoms with E-state index in [1.165, 1.54) is 20.8 Å². The Kier molecular flexibility index (Phi) is 27.4. The fourth-order valence-electron chi connectivity index (χ4n) is 10.1. The molecule has 81 heavy (non-hydrogen) atoms. The quantitative estimate of drug-likeness (QED) is 0.167. The van der Waals surface area contributed by atoms with Crippen LogP contribution in [0.3, 0.4) is 0 Å². The van der Waals surface area contributed by atoms with E-state index in [-0.39, 0.29) is 43.4 Å². The van der Waals surface area contributed by atoms with Crippen molar-refractivity contribution in [1.29, 1.82) is 0 Å². The summed E-state index contributed by atoms with van der Waals surface area (Å²) in [6.07, 6.45) is -4.83. The molecular formula is C59H94N4O18. The van der Waals surface area contributed by atoms with Gasteiger partial charge in [0, 0.05) is 12.3 Å². The summed E-state index contributed by atoms with van der Waals surface area (Å²) in [6.45, 7) is 25.6. The summed E-state index contributed by atoms with van der Waals surface area (Å²) in [4.78, 5) is 166. The number of cyclic esters (lactones) is 5. The summed E-state index contributed by atoms with van der Waals surface area (Å²) in [6, 6.07) is -5.37. The van der Waals surface area contributed by atoms with Gasteiger partial charge in [0.1, 0.15) is 24.2 Å². The van der Waals surface area contributed by atoms with Crippen LogP contribution in [-0.2, 0) is 86.0 Å². The molecule has 458 valence electrons. The number of ether oxygens (including phenoxy) is 6. The molecule has 4 amide bonds. The van der Waals surface area contributed by atoms with Crippen LogP contribution >= 0.6 is 0 Å². The number of ketones is 2. The van der Waals surface area contributed by atoms with E-state index >= 15 is 0 Å². The Morgan fingerprint density at radius 1 is 0.432 bits per heavy atom. The third-order valence-corrected chi connectivity index (χ3v) is 15.2. The topological polar surface area (TPSA) is 308 Å². The lowest BCUT2D eigenvalue weighted by atomic mass is 9.78. The van der Waals surface area contributed by atoms with Gasteiger partial charge in [0.25, 0.3) is 23.6 Å².